The fraction of sp³-hybridized carbons (Fsp3) is 0. The minimum Gasteiger partial charge on any atom is -0.144 e. The van der Waals surface area contributed by atoms with Crippen molar-refractivity contribution in [2.24, 2.45) is 0 Å². The predicted molar refractivity (Wildman–Crippen MR) is 213 cm³/mol. The quantitative estimate of drug-likeness (QED) is 0.130. The summed E-state index contributed by atoms with van der Waals surface area (Å²) in [6, 6.07) is 54.9. The van der Waals surface area contributed by atoms with Crippen molar-refractivity contribution in [2.75, 3.05) is 0 Å². The Morgan fingerprint density at radius 2 is 0.771 bits per heavy atom. The summed E-state index contributed by atoms with van der Waals surface area (Å²) in [6.45, 7) is 0. The SMILES string of the molecule is c1ccc2cc(-c3cc4cc5cc(-c6ccc7ccccc7c6)c6c7ccsc7ccc6c5cc4c4ccc5sccc5c34)ccc2c1. The van der Waals surface area contributed by atoms with Crippen LogP contribution in [0, 0.1) is 0 Å². The van der Waals surface area contributed by atoms with Gasteiger partial charge in [0.2, 0.25) is 0 Å². The maximum absolute atomic E-state index is 2.47. The predicted octanol–water partition coefficient (Wildman–Crippen LogP) is 14.4. The van der Waals surface area contributed by atoms with Crippen LogP contribution in [0.4, 0.5) is 0 Å². The molecule has 0 spiro atoms. The molecular weight excluding hydrogens is 617 g/mol. The Morgan fingerprint density at radius 3 is 1.27 bits per heavy atom. The molecule has 0 aliphatic carbocycles. The number of hydrogen-bond acceptors (Lipinski definition) is 2. The minimum atomic E-state index is 1.26. The molecule has 48 heavy (non-hydrogen) atoms. The monoisotopic (exact) mass is 642 g/mol. The van der Waals surface area contributed by atoms with Crippen LogP contribution in [-0.4, -0.2) is 0 Å². The summed E-state index contributed by atoms with van der Waals surface area (Å²) in [5.74, 6) is 0. The molecule has 0 saturated heterocycles. The van der Waals surface area contributed by atoms with E-state index in [1.165, 1.54) is 107 Å². The largest absolute Gasteiger partial charge is 0.144 e. The molecule has 2 aromatic heterocycles. The Hall–Kier alpha value is -5.54. The Balaban J connectivity index is 1.28. The molecule has 0 aliphatic heterocycles. The summed E-state index contributed by atoms with van der Waals surface area (Å²) in [6.07, 6.45) is 0. The molecule has 9 aromatic carbocycles. The Bertz CT molecular complexity index is 2910. The van der Waals surface area contributed by atoms with Crippen molar-refractivity contribution in [3.8, 4) is 22.3 Å². The average molecular weight is 643 g/mol. The van der Waals surface area contributed by atoms with Crippen LogP contribution in [0.1, 0.15) is 0 Å². The van der Waals surface area contributed by atoms with E-state index >= 15 is 0 Å². The van der Waals surface area contributed by atoms with Gasteiger partial charge < -0.3 is 0 Å². The lowest BCUT2D eigenvalue weighted by atomic mass is 9.87. The fourth-order valence-electron chi connectivity index (χ4n) is 8.08. The molecular formula is C46H26S2. The summed E-state index contributed by atoms with van der Waals surface area (Å²) >= 11 is 3.64. The Morgan fingerprint density at radius 1 is 0.292 bits per heavy atom. The van der Waals surface area contributed by atoms with Gasteiger partial charge in [0, 0.05) is 20.2 Å². The van der Waals surface area contributed by atoms with Crippen LogP contribution in [0.2, 0.25) is 0 Å². The van der Waals surface area contributed by atoms with Crippen molar-refractivity contribution in [3.05, 3.63) is 156 Å². The van der Waals surface area contributed by atoms with Gasteiger partial charge in [0.15, 0.2) is 0 Å². The van der Waals surface area contributed by atoms with Crippen LogP contribution in [0.25, 0.3) is 107 Å². The lowest BCUT2D eigenvalue weighted by molar-refractivity contribution is 1.71. The molecule has 2 heterocycles. The fourth-order valence-corrected chi connectivity index (χ4v) is 9.67. The standard InChI is InChI=1S/C46H26S2/c1-3-7-29-21-31(11-9-27(29)5-1)41-24-33-23-34-25-42(32-12-10-28-6-2-4-8-30(28)22-32)46-36(14-16-44-38(46)18-20-48-44)40(34)26-39(33)35-13-15-43-37(45(35)41)17-19-47-43/h1-26H. The van der Waals surface area contributed by atoms with Gasteiger partial charge in [0.25, 0.3) is 0 Å². The number of rotatable bonds is 2. The summed E-state index contributed by atoms with van der Waals surface area (Å²) in [5.41, 5.74) is 5.11. The van der Waals surface area contributed by atoms with Gasteiger partial charge >= 0.3 is 0 Å². The first-order valence-electron chi connectivity index (χ1n) is 16.4. The van der Waals surface area contributed by atoms with Gasteiger partial charge in [-0.1, -0.05) is 84.9 Å². The molecule has 0 aliphatic rings. The lowest BCUT2D eigenvalue weighted by Crippen LogP contribution is -1.89. The molecule has 0 N–H and O–H groups in total. The molecule has 0 atom stereocenters. The van der Waals surface area contributed by atoms with Crippen LogP contribution in [0.15, 0.2) is 156 Å². The number of fused-ring (bicyclic) bond motifs is 12. The normalized spacial score (nSPS) is 12.2. The second-order valence-electron chi connectivity index (χ2n) is 12.9. The van der Waals surface area contributed by atoms with Gasteiger partial charge in [-0.05, 0) is 158 Å². The van der Waals surface area contributed by atoms with Crippen LogP contribution in [-0.2, 0) is 0 Å². The van der Waals surface area contributed by atoms with Gasteiger partial charge in [-0.2, -0.15) is 0 Å². The van der Waals surface area contributed by atoms with E-state index in [9.17, 15) is 0 Å². The first kappa shape index (κ1) is 26.5. The second kappa shape index (κ2) is 9.98. The van der Waals surface area contributed by atoms with Crippen LogP contribution in [0.3, 0.4) is 0 Å². The number of thiophene rings is 2. The molecule has 0 unspecified atom stereocenters. The van der Waals surface area contributed by atoms with Crippen molar-refractivity contribution in [2.45, 2.75) is 0 Å². The highest BCUT2D eigenvalue weighted by Crippen LogP contribution is 2.45. The Kier molecular flexibility index (Phi) is 5.51. The second-order valence-corrected chi connectivity index (χ2v) is 14.8. The summed E-state index contributed by atoms with van der Waals surface area (Å²) in [4.78, 5) is 0. The van der Waals surface area contributed by atoms with Crippen LogP contribution < -0.4 is 0 Å². The zero-order valence-corrected chi connectivity index (χ0v) is 27.5. The third-order valence-electron chi connectivity index (χ3n) is 10.3. The molecule has 0 amide bonds. The van der Waals surface area contributed by atoms with E-state index in [4.69, 9.17) is 0 Å². The van der Waals surface area contributed by atoms with Gasteiger partial charge in [0.05, 0.1) is 0 Å². The molecule has 0 radical (unpaired) electrons. The molecule has 11 rings (SSSR count). The van der Waals surface area contributed by atoms with Crippen LogP contribution >= 0.6 is 22.7 Å². The zero-order chi connectivity index (χ0) is 31.3. The van der Waals surface area contributed by atoms with Gasteiger partial charge in [-0.3, -0.25) is 0 Å². The average Bonchev–Trinajstić information content (AvgIpc) is 3.83. The maximum atomic E-state index is 2.47. The Labute approximate surface area is 284 Å². The van der Waals surface area contributed by atoms with E-state index in [0.29, 0.717) is 0 Å². The number of hydrogen-bond donors (Lipinski definition) is 0. The zero-order valence-electron chi connectivity index (χ0n) is 25.8. The molecule has 0 fully saturated rings. The third-order valence-corrected chi connectivity index (χ3v) is 12.1. The van der Waals surface area contributed by atoms with Crippen LogP contribution in [0.5, 0.6) is 0 Å². The van der Waals surface area contributed by atoms with Crippen molar-refractivity contribution in [1.82, 2.24) is 0 Å². The maximum Gasteiger partial charge on any atom is 0.0349 e. The topological polar surface area (TPSA) is 0 Å². The van der Waals surface area contributed by atoms with Crippen molar-refractivity contribution < 1.29 is 0 Å². The highest BCUT2D eigenvalue weighted by Gasteiger charge is 2.17. The minimum absolute atomic E-state index is 1.26. The molecule has 222 valence electrons. The molecule has 2 heteroatoms. The van der Waals surface area contributed by atoms with E-state index in [0.717, 1.165) is 0 Å². The smallest absolute Gasteiger partial charge is 0.0349 e. The van der Waals surface area contributed by atoms with Gasteiger partial charge in [-0.25, -0.2) is 0 Å². The van der Waals surface area contributed by atoms with E-state index in [-0.39, 0.29) is 0 Å². The van der Waals surface area contributed by atoms with Crippen molar-refractivity contribution >= 4 is 107 Å². The van der Waals surface area contributed by atoms with Crippen molar-refractivity contribution in [1.29, 1.82) is 0 Å². The van der Waals surface area contributed by atoms with Gasteiger partial charge in [0.1, 0.15) is 0 Å². The summed E-state index contributed by atoms with van der Waals surface area (Å²) in [5, 5.41) is 22.7. The van der Waals surface area contributed by atoms with E-state index in [1.807, 2.05) is 22.7 Å². The summed E-state index contributed by atoms with van der Waals surface area (Å²) in [7, 11) is 0. The summed E-state index contributed by atoms with van der Waals surface area (Å²) < 4.78 is 2.66. The van der Waals surface area contributed by atoms with E-state index in [2.05, 4.69) is 156 Å². The molecule has 11 aromatic rings. The van der Waals surface area contributed by atoms with E-state index in [1.54, 1.807) is 0 Å². The first-order valence-corrected chi connectivity index (χ1v) is 18.1. The van der Waals surface area contributed by atoms with E-state index < -0.39 is 0 Å². The highest BCUT2D eigenvalue weighted by molar-refractivity contribution is 7.17. The van der Waals surface area contributed by atoms with Gasteiger partial charge in [-0.15, -0.1) is 22.7 Å². The lowest BCUT2D eigenvalue weighted by Gasteiger charge is -2.17. The third kappa shape index (κ3) is 3.82. The van der Waals surface area contributed by atoms with Crippen molar-refractivity contribution in [3.63, 3.8) is 0 Å². The molecule has 0 nitrogen and oxygen atoms in total. The highest BCUT2D eigenvalue weighted by atomic mass is 32.1. The number of benzene rings is 9. The molecule has 0 saturated carbocycles. The molecule has 0 bridgehead atoms. The first-order chi connectivity index (χ1) is 23.8.